The average Bonchev–Trinajstić information content (AvgIpc) is 2.74. The summed E-state index contributed by atoms with van der Waals surface area (Å²) in [6.45, 7) is 0. The molecule has 1 spiro atoms. The Morgan fingerprint density at radius 3 is 2.79 bits per heavy atom. The maximum absolute atomic E-state index is 11.8. The van der Waals surface area contributed by atoms with Gasteiger partial charge in [-0.3, -0.25) is 4.79 Å². The maximum atomic E-state index is 11.8. The van der Waals surface area contributed by atoms with Crippen molar-refractivity contribution in [2.24, 2.45) is 0 Å². The van der Waals surface area contributed by atoms with Crippen LogP contribution in [-0.4, -0.2) is 5.78 Å². The molecule has 2 heteroatoms. The number of thiophene rings is 1. The summed E-state index contributed by atoms with van der Waals surface area (Å²) < 4.78 is 0. The van der Waals surface area contributed by atoms with Crippen molar-refractivity contribution in [3.63, 3.8) is 0 Å². The molecule has 0 radical (unpaired) electrons. The molecule has 2 aliphatic rings. The standard InChI is InChI=1S/C12H14OS/c13-10-8-12(5-2-1-3-6-12)9-4-7-14-11(9)10/h4,7H,1-3,5-6,8H2. The minimum atomic E-state index is 0.269. The van der Waals surface area contributed by atoms with Gasteiger partial charge in [0.2, 0.25) is 0 Å². The second-order valence-electron chi connectivity index (χ2n) is 4.60. The lowest BCUT2D eigenvalue weighted by atomic mass is 9.71. The fourth-order valence-electron chi connectivity index (χ4n) is 3.10. The molecule has 0 unspecified atom stereocenters. The Hall–Kier alpha value is -0.630. The molecule has 0 atom stereocenters. The molecule has 0 aromatic carbocycles. The minimum Gasteiger partial charge on any atom is -0.293 e. The molecule has 0 N–H and O–H groups in total. The number of carbonyl (C=O) groups excluding carboxylic acids is 1. The smallest absolute Gasteiger partial charge is 0.173 e. The molecule has 1 aromatic heterocycles. The number of carbonyl (C=O) groups is 1. The van der Waals surface area contributed by atoms with E-state index in [9.17, 15) is 4.79 Å². The van der Waals surface area contributed by atoms with Gasteiger partial charge in [-0.15, -0.1) is 11.3 Å². The lowest BCUT2D eigenvalue weighted by Gasteiger charge is -2.33. The Bertz CT molecular complexity index is 371. The van der Waals surface area contributed by atoms with Crippen molar-refractivity contribution in [3.8, 4) is 0 Å². The van der Waals surface area contributed by atoms with E-state index in [4.69, 9.17) is 0 Å². The van der Waals surface area contributed by atoms with Crippen LogP contribution in [-0.2, 0) is 5.41 Å². The summed E-state index contributed by atoms with van der Waals surface area (Å²) in [6.07, 6.45) is 7.25. The first-order chi connectivity index (χ1) is 6.82. The molecule has 14 heavy (non-hydrogen) atoms. The first-order valence-corrected chi connectivity index (χ1v) is 6.31. The number of rotatable bonds is 0. The van der Waals surface area contributed by atoms with E-state index in [2.05, 4.69) is 11.4 Å². The molecule has 74 valence electrons. The highest BCUT2D eigenvalue weighted by Gasteiger charge is 2.44. The molecule has 0 bridgehead atoms. The van der Waals surface area contributed by atoms with Crippen molar-refractivity contribution in [2.75, 3.05) is 0 Å². The van der Waals surface area contributed by atoms with Gasteiger partial charge in [0.25, 0.3) is 0 Å². The molecule has 0 saturated heterocycles. The Morgan fingerprint density at radius 1 is 1.21 bits per heavy atom. The van der Waals surface area contributed by atoms with Gasteiger partial charge in [0.1, 0.15) is 0 Å². The van der Waals surface area contributed by atoms with Gasteiger partial charge >= 0.3 is 0 Å². The topological polar surface area (TPSA) is 17.1 Å². The highest BCUT2D eigenvalue weighted by atomic mass is 32.1. The summed E-state index contributed by atoms with van der Waals surface area (Å²) in [6, 6.07) is 2.19. The lowest BCUT2D eigenvalue weighted by molar-refractivity contribution is 0.0964. The summed E-state index contributed by atoms with van der Waals surface area (Å²) in [5.41, 5.74) is 1.65. The van der Waals surface area contributed by atoms with Gasteiger partial charge in [-0.2, -0.15) is 0 Å². The summed E-state index contributed by atoms with van der Waals surface area (Å²) in [4.78, 5) is 12.9. The average molecular weight is 206 g/mol. The van der Waals surface area contributed by atoms with Gasteiger partial charge < -0.3 is 0 Å². The minimum absolute atomic E-state index is 0.269. The number of Topliss-reactive ketones (excluding diaryl/α,β-unsaturated/α-hetero) is 1. The molecule has 1 aromatic rings. The van der Waals surface area contributed by atoms with E-state index in [-0.39, 0.29) is 5.41 Å². The van der Waals surface area contributed by atoms with Crippen molar-refractivity contribution >= 4 is 17.1 Å². The number of ketones is 1. The highest BCUT2D eigenvalue weighted by molar-refractivity contribution is 7.12. The van der Waals surface area contributed by atoms with Gasteiger partial charge in [0, 0.05) is 11.8 Å². The predicted octanol–water partition coefficient (Wildman–Crippen LogP) is 3.54. The van der Waals surface area contributed by atoms with E-state index in [0.29, 0.717) is 5.78 Å². The summed E-state index contributed by atoms with van der Waals surface area (Å²) >= 11 is 1.64. The third-order valence-electron chi connectivity index (χ3n) is 3.80. The first-order valence-electron chi connectivity index (χ1n) is 5.43. The second-order valence-corrected chi connectivity index (χ2v) is 5.52. The van der Waals surface area contributed by atoms with E-state index < -0.39 is 0 Å². The van der Waals surface area contributed by atoms with Crippen LogP contribution in [0.1, 0.15) is 53.8 Å². The molecule has 1 heterocycles. The van der Waals surface area contributed by atoms with Crippen LogP contribution in [0.4, 0.5) is 0 Å². The van der Waals surface area contributed by atoms with Crippen molar-refractivity contribution in [2.45, 2.75) is 43.9 Å². The second kappa shape index (κ2) is 2.93. The van der Waals surface area contributed by atoms with Crippen LogP contribution in [0.5, 0.6) is 0 Å². The quantitative estimate of drug-likeness (QED) is 0.634. The van der Waals surface area contributed by atoms with Crippen molar-refractivity contribution < 1.29 is 4.79 Å². The summed E-state index contributed by atoms with van der Waals surface area (Å²) in [7, 11) is 0. The van der Waals surface area contributed by atoms with E-state index in [1.165, 1.54) is 37.7 Å². The van der Waals surface area contributed by atoms with Gasteiger partial charge in [-0.25, -0.2) is 0 Å². The van der Waals surface area contributed by atoms with Gasteiger partial charge in [-0.05, 0) is 29.9 Å². The molecule has 1 nitrogen and oxygen atoms in total. The number of hydrogen-bond donors (Lipinski definition) is 0. The van der Waals surface area contributed by atoms with Crippen LogP contribution >= 0.6 is 11.3 Å². The fraction of sp³-hybridized carbons (Fsp3) is 0.583. The van der Waals surface area contributed by atoms with E-state index in [1.807, 2.05) is 0 Å². The molecule has 0 aliphatic heterocycles. The summed E-state index contributed by atoms with van der Waals surface area (Å²) in [5, 5.41) is 2.08. The molecular formula is C12H14OS. The summed E-state index contributed by atoms with van der Waals surface area (Å²) in [5.74, 6) is 0.400. The lowest BCUT2D eigenvalue weighted by Crippen LogP contribution is -2.26. The number of fused-ring (bicyclic) bond motifs is 2. The molecule has 1 fully saturated rings. The molecule has 1 saturated carbocycles. The number of hydrogen-bond acceptors (Lipinski definition) is 2. The monoisotopic (exact) mass is 206 g/mol. The molecule has 0 amide bonds. The van der Waals surface area contributed by atoms with Crippen molar-refractivity contribution in [1.29, 1.82) is 0 Å². The SMILES string of the molecule is O=C1CC2(CCCCC2)c2ccsc21. The van der Waals surface area contributed by atoms with Gasteiger partial charge in [0.15, 0.2) is 5.78 Å². The Morgan fingerprint density at radius 2 is 2.00 bits per heavy atom. The molecule has 3 rings (SSSR count). The van der Waals surface area contributed by atoms with Crippen LogP contribution in [0, 0.1) is 0 Å². The zero-order valence-electron chi connectivity index (χ0n) is 8.21. The van der Waals surface area contributed by atoms with Gasteiger partial charge in [-0.1, -0.05) is 19.3 Å². The highest BCUT2D eigenvalue weighted by Crippen LogP contribution is 2.50. The Labute approximate surface area is 88.1 Å². The predicted molar refractivity (Wildman–Crippen MR) is 58.0 cm³/mol. The maximum Gasteiger partial charge on any atom is 0.173 e. The Kier molecular flexibility index (Phi) is 1.81. The fourth-order valence-corrected chi connectivity index (χ4v) is 4.06. The zero-order valence-corrected chi connectivity index (χ0v) is 9.03. The van der Waals surface area contributed by atoms with Gasteiger partial charge in [0.05, 0.1) is 4.88 Å². The van der Waals surface area contributed by atoms with Crippen LogP contribution in [0.25, 0.3) is 0 Å². The van der Waals surface area contributed by atoms with Crippen molar-refractivity contribution in [3.05, 3.63) is 21.9 Å². The van der Waals surface area contributed by atoms with Crippen LogP contribution in [0.15, 0.2) is 11.4 Å². The largest absolute Gasteiger partial charge is 0.293 e. The molecular weight excluding hydrogens is 192 g/mol. The molecule has 2 aliphatic carbocycles. The van der Waals surface area contributed by atoms with E-state index >= 15 is 0 Å². The van der Waals surface area contributed by atoms with E-state index in [0.717, 1.165) is 11.3 Å². The zero-order chi connectivity index (χ0) is 9.60. The van der Waals surface area contributed by atoms with Crippen LogP contribution in [0.3, 0.4) is 0 Å². The van der Waals surface area contributed by atoms with Crippen LogP contribution < -0.4 is 0 Å². The third-order valence-corrected chi connectivity index (χ3v) is 4.75. The Balaban J connectivity index is 2.07. The van der Waals surface area contributed by atoms with E-state index in [1.54, 1.807) is 11.3 Å². The third kappa shape index (κ3) is 1.04. The van der Waals surface area contributed by atoms with Crippen LogP contribution in [0.2, 0.25) is 0 Å². The van der Waals surface area contributed by atoms with Crippen molar-refractivity contribution in [1.82, 2.24) is 0 Å². The normalized spacial score (nSPS) is 24.1. The first kappa shape index (κ1) is 8.66.